The lowest BCUT2D eigenvalue weighted by atomic mass is 9.74. The van der Waals surface area contributed by atoms with Gasteiger partial charge in [-0.05, 0) is 39.1 Å². The molecule has 1 heterocycles. The van der Waals surface area contributed by atoms with Crippen LogP contribution in [-0.4, -0.2) is 32.5 Å². The minimum Gasteiger partial charge on any atom is -0.408 e. The summed E-state index contributed by atoms with van der Waals surface area (Å²) in [6.07, 6.45) is 3.96. The largest absolute Gasteiger partial charge is 0.489 e. The molecule has 0 spiro atoms. The molecular formula is C12H23BO3. The van der Waals surface area contributed by atoms with Crippen LogP contribution in [0.15, 0.2) is 11.5 Å². The van der Waals surface area contributed by atoms with E-state index in [1.54, 1.807) is 0 Å². The van der Waals surface area contributed by atoms with Crippen LogP contribution < -0.4 is 0 Å². The Kier molecular flexibility index (Phi) is 5.52. The molecule has 0 saturated heterocycles. The van der Waals surface area contributed by atoms with Crippen LogP contribution in [0.4, 0.5) is 0 Å². The summed E-state index contributed by atoms with van der Waals surface area (Å²) in [5, 5.41) is 0. The zero-order valence-electron chi connectivity index (χ0n) is 10.9. The molecule has 3 nitrogen and oxygen atoms in total. The van der Waals surface area contributed by atoms with E-state index in [0.29, 0.717) is 13.2 Å². The number of hydrogen-bond acceptors (Lipinski definition) is 3. The predicted octanol–water partition coefficient (Wildman–Crippen LogP) is 2.60. The van der Waals surface area contributed by atoms with E-state index < -0.39 is 0 Å². The average Bonchev–Trinajstić information content (AvgIpc) is 2.29. The van der Waals surface area contributed by atoms with Crippen LogP contribution in [0.5, 0.6) is 0 Å². The molecule has 0 radical (unpaired) electrons. The summed E-state index contributed by atoms with van der Waals surface area (Å²) < 4.78 is 17.0. The third-order valence-electron chi connectivity index (χ3n) is 2.90. The maximum Gasteiger partial charge on any atom is 0.489 e. The molecule has 0 amide bonds. The molecule has 0 bridgehead atoms. The molecule has 0 atom stereocenters. The Morgan fingerprint density at radius 3 is 2.69 bits per heavy atom. The highest BCUT2D eigenvalue weighted by molar-refractivity contribution is 6.53. The molecule has 0 saturated carbocycles. The fourth-order valence-electron chi connectivity index (χ4n) is 1.50. The molecule has 0 unspecified atom stereocenters. The lowest BCUT2D eigenvalue weighted by Crippen LogP contribution is -2.38. The van der Waals surface area contributed by atoms with Crippen LogP contribution >= 0.6 is 0 Å². The van der Waals surface area contributed by atoms with Gasteiger partial charge in [-0.25, -0.2) is 0 Å². The first-order chi connectivity index (χ1) is 7.59. The minimum absolute atomic E-state index is 0.140. The molecular weight excluding hydrogens is 203 g/mol. The Bertz CT molecular complexity index is 238. The molecule has 1 aliphatic heterocycles. The first-order valence-corrected chi connectivity index (χ1v) is 6.15. The fourth-order valence-corrected chi connectivity index (χ4v) is 1.50. The third kappa shape index (κ3) is 4.28. The van der Waals surface area contributed by atoms with Crippen molar-refractivity contribution in [1.29, 1.82) is 0 Å². The molecule has 1 rings (SSSR count). The normalized spacial score (nSPS) is 17.1. The maximum absolute atomic E-state index is 6.02. The number of hydrogen-bond donors (Lipinski definition) is 0. The van der Waals surface area contributed by atoms with Gasteiger partial charge in [0.2, 0.25) is 0 Å². The van der Waals surface area contributed by atoms with Gasteiger partial charge in [0.25, 0.3) is 0 Å². The van der Waals surface area contributed by atoms with Crippen LogP contribution in [0.1, 0.15) is 40.5 Å². The first kappa shape index (κ1) is 13.7. The summed E-state index contributed by atoms with van der Waals surface area (Å²) in [6, 6.07) is 0. The van der Waals surface area contributed by atoms with Gasteiger partial charge in [-0.1, -0.05) is 13.0 Å². The molecule has 0 aromatic rings. The van der Waals surface area contributed by atoms with Crippen molar-refractivity contribution in [3.63, 3.8) is 0 Å². The molecule has 0 aromatic carbocycles. The van der Waals surface area contributed by atoms with Gasteiger partial charge in [-0.2, -0.15) is 0 Å². The van der Waals surface area contributed by atoms with Gasteiger partial charge in [-0.15, -0.1) is 0 Å². The standard InChI is InChI=1S/C12H23BO3/c1-5-12(3,4)16-13(15-6-2)11-7-9-14-10-8-11/h7H,5-6,8-10H2,1-4H3. The van der Waals surface area contributed by atoms with Crippen molar-refractivity contribution in [2.24, 2.45) is 0 Å². The molecule has 16 heavy (non-hydrogen) atoms. The van der Waals surface area contributed by atoms with Crippen LogP contribution in [0, 0.1) is 0 Å². The summed E-state index contributed by atoms with van der Waals surface area (Å²) in [7, 11) is -0.205. The van der Waals surface area contributed by atoms with E-state index in [1.165, 1.54) is 5.47 Å². The van der Waals surface area contributed by atoms with Crippen molar-refractivity contribution in [2.45, 2.75) is 46.1 Å². The van der Waals surface area contributed by atoms with Crippen LogP contribution in [-0.2, 0) is 14.0 Å². The fraction of sp³-hybridized carbons (Fsp3) is 0.833. The van der Waals surface area contributed by atoms with E-state index in [1.807, 2.05) is 6.92 Å². The van der Waals surface area contributed by atoms with Gasteiger partial charge in [0.15, 0.2) is 0 Å². The highest BCUT2D eigenvalue weighted by atomic mass is 16.6. The van der Waals surface area contributed by atoms with Gasteiger partial charge >= 0.3 is 7.12 Å². The van der Waals surface area contributed by atoms with Crippen LogP contribution in [0.3, 0.4) is 0 Å². The van der Waals surface area contributed by atoms with Crippen molar-refractivity contribution >= 4 is 7.12 Å². The monoisotopic (exact) mass is 226 g/mol. The van der Waals surface area contributed by atoms with Crippen molar-refractivity contribution < 1.29 is 14.0 Å². The second-order valence-corrected chi connectivity index (χ2v) is 4.62. The zero-order chi connectivity index (χ0) is 12.0. The van der Waals surface area contributed by atoms with E-state index in [2.05, 4.69) is 26.8 Å². The summed E-state index contributed by atoms with van der Waals surface area (Å²) in [5.41, 5.74) is 1.08. The second kappa shape index (κ2) is 6.43. The predicted molar refractivity (Wildman–Crippen MR) is 66.4 cm³/mol. The Hall–Kier alpha value is -0.315. The third-order valence-corrected chi connectivity index (χ3v) is 2.90. The zero-order valence-corrected chi connectivity index (χ0v) is 10.9. The van der Waals surface area contributed by atoms with Crippen molar-refractivity contribution in [2.75, 3.05) is 19.8 Å². The Morgan fingerprint density at radius 2 is 2.19 bits per heavy atom. The smallest absolute Gasteiger partial charge is 0.408 e. The van der Waals surface area contributed by atoms with E-state index in [9.17, 15) is 0 Å². The van der Waals surface area contributed by atoms with E-state index in [-0.39, 0.29) is 12.7 Å². The Morgan fingerprint density at radius 1 is 1.44 bits per heavy atom. The summed E-state index contributed by atoms with van der Waals surface area (Å²) in [4.78, 5) is 0. The highest BCUT2D eigenvalue weighted by Gasteiger charge is 2.31. The summed E-state index contributed by atoms with van der Waals surface area (Å²) in [5.74, 6) is 0. The van der Waals surface area contributed by atoms with Crippen molar-refractivity contribution in [3.8, 4) is 0 Å². The summed E-state index contributed by atoms with van der Waals surface area (Å²) >= 11 is 0. The summed E-state index contributed by atoms with van der Waals surface area (Å²) in [6.45, 7) is 10.4. The lowest BCUT2D eigenvalue weighted by Gasteiger charge is -2.29. The Balaban J connectivity index is 2.62. The molecule has 0 aliphatic carbocycles. The number of rotatable bonds is 6. The molecule has 0 N–H and O–H groups in total. The SMILES string of the molecule is CCOB(OC(C)(C)CC)C1=CCOCC1. The molecule has 0 fully saturated rings. The second-order valence-electron chi connectivity index (χ2n) is 4.62. The van der Waals surface area contributed by atoms with Gasteiger partial charge in [0.1, 0.15) is 0 Å². The molecule has 92 valence electrons. The van der Waals surface area contributed by atoms with E-state index >= 15 is 0 Å². The van der Waals surface area contributed by atoms with Gasteiger partial charge in [-0.3, -0.25) is 0 Å². The van der Waals surface area contributed by atoms with E-state index in [0.717, 1.165) is 19.4 Å². The minimum atomic E-state index is -0.205. The van der Waals surface area contributed by atoms with E-state index in [4.69, 9.17) is 14.0 Å². The average molecular weight is 226 g/mol. The highest BCUT2D eigenvalue weighted by Crippen LogP contribution is 2.21. The topological polar surface area (TPSA) is 27.7 Å². The first-order valence-electron chi connectivity index (χ1n) is 6.15. The number of ether oxygens (including phenoxy) is 1. The maximum atomic E-state index is 6.02. The van der Waals surface area contributed by atoms with Gasteiger partial charge in [0, 0.05) is 12.2 Å². The van der Waals surface area contributed by atoms with Crippen LogP contribution in [0.25, 0.3) is 0 Å². The quantitative estimate of drug-likeness (QED) is 0.651. The molecule has 1 aliphatic rings. The lowest BCUT2D eigenvalue weighted by molar-refractivity contribution is 0.0658. The van der Waals surface area contributed by atoms with Crippen molar-refractivity contribution in [3.05, 3.63) is 11.5 Å². The van der Waals surface area contributed by atoms with Gasteiger partial charge in [0.05, 0.1) is 13.2 Å². The molecule has 4 heteroatoms. The van der Waals surface area contributed by atoms with Crippen molar-refractivity contribution in [1.82, 2.24) is 0 Å². The van der Waals surface area contributed by atoms with Gasteiger partial charge < -0.3 is 14.0 Å². The Labute approximate surface area is 99.3 Å². The van der Waals surface area contributed by atoms with Crippen LogP contribution in [0.2, 0.25) is 0 Å². The molecule has 0 aromatic heterocycles.